The first-order chi connectivity index (χ1) is 13.2. The number of piperidine rings is 1. The molecule has 0 bridgehead atoms. The third-order valence-corrected chi connectivity index (χ3v) is 5.50. The Morgan fingerprint density at radius 1 is 1.00 bits per heavy atom. The minimum absolute atomic E-state index is 0.0324. The first-order valence-electron chi connectivity index (χ1n) is 8.99. The number of carbonyl (C=O) groups excluding carboxylic acids is 2. The van der Waals surface area contributed by atoms with Gasteiger partial charge in [0.25, 0.3) is 5.91 Å². The first kappa shape index (κ1) is 15.9. The van der Waals surface area contributed by atoms with Crippen LogP contribution in [0.5, 0.6) is 0 Å². The molecule has 0 atom stereocenters. The van der Waals surface area contributed by atoms with Gasteiger partial charge in [-0.25, -0.2) is 4.79 Å². The van der Waals surface area contributed by atoms with E-state index in [-0.39, 0.29) is 11.9 Å². The summed E-state index contributed by atoms with van der Waals surface area (Å²) in [4.78, 5) is 35.4. The minimum atomic E-state index is -0.598. The summed E-state index contributed by atoms with van der Waals surface area (Å²) in [5, 5.41) is 0. The molecule has 6 heteroatoms. The van der Waals surface area contributed by atoms with Gasteiger partial charge in [0.1, 0.15) is 5.60 Å². The number of carbonyl (C=O) groups is 2. The van der Waals surface area contributed by atoms with Gasteiger partial charge in [0.2, 0.25) is 0 Å². The lowest BCUT2D eigenvalue weighted by Crippen LogP contribution is -2.45. The van der Waals surface area contributed by atoms with Crippen LogP contribution >= 0.6 is 0 Å². The number of nitrogens with zero attached hydrogens (tertiary/aromatic N) is 3. The Morgan fingerprint density at radius 2 is 1.74 bits per heavy atom. The number of esters is 1. The van der Waals surface area contributed by atoms with E-state index in [0.29, 0.717) is 42.6 Å². The SMILES string of the molecule is O=C1OC2(CCN(C(=O)c3ccc4nccnc4c3)CC2)c2ccccc21. The van der Waals surface area contributed by atoms with Gasteiger partial charge in [-0.3, -0.25) is 14.8 Å². The van der Waals surface area contributed by atoms with Crippen LogP contribution in [0.25, 0.3) is 11.0 Å². The van der Waals surface area contributed by atoms with Gasteiger partial charge in [-0.1, -0.05) is 18.2 Å². The topological polar surface area (TPSA) is 72.4 Å². The van der Waals surface area contributed by atoms with Crippen molar-refractivity contribution in [3.63, 3.8) is 0 Å². The molecule has 0 N–H and O–H groups in total. The van der Waals surface area contributed by atoms with Crippen molar-refractivity contribution < 1.29 is 14.3 Å². The molecule has 6 nitrogen and oxygen atoms in total. The quantitative estimate of drug-likeness (QED) is 0.625. The van der Waals surface area contributed by atoms with Crippen LogP contribution in [0.4, 0.5) is 0 Å². The zero-order chi connectivity index (χ0) is 18.4. The average Bonchev–Trinajstić information content (AvgIpc) is 2.99. The molecule has 0 saturated carbocycles. The maximum Gasteiger partial charge on any atom is 0.339 e. The van der Waals surface area contributed by atoms with Gasteiger partial charge in [0.15, 0.2) is 0 Å². The van der Waals surface area contributed by atoms with Gasteiger partial charge in [0.05, 0.1) is 16.6 Å². The number of ether oxygens (including phenoxy) is 1. The molecular weight excluding hydrogens is 342 g/mol. The van der Waals surface area contributed by atoms with Gasteiger partial charge in [-0.2, -0.15) is 0 Å². The number of hydrogen-bond acceptors (Lipinski definition) is 5. The Morgan fingerprint density at radius 3 is 2.56 bits per heavy atom. The number of hydrogen-bond donors (Lipinski definition) is 0. The molecule has 1 saturated heterocycles. The van der Waals surface area contributed by atoms with E-state index in [2.05, 4.69) is 9.97 Å². The van der Waals surface area contributed by atoms with Crippen molar-refractivity contribution in [1.29, 1.82) is 0 Å². The molecule has 1 aromatic heterocycles. The van der Waals surface area contributed by atoms with Crippen LogP contribution in [0.15, 0.2) is 54.9 Å². The average molecular weight is 359 g/mol. The van der Waals surface area contributed by atoms with E-state index in [1.54, 1.807) is 30.6 Å². The summed E-state index contributed by atoms with van der Waals surface area (Å²) in [6.45, 7) is 1.08. The smallest absolute Gasteiger partial charge is 0.339 e. The van der Waals surface area contributed by atoms with E-state index in [0.717, 1.165) is 11.1 Å². The van der Waals surface area contributed by atoms with E-state index in [9.17, 15) is 9.59 Å². The third kappa shape index (κ3) is 2.48. The summed E-state index contributed by atoms with van der Waals surface area (Å²) in [6, 6.07) is 12.9. The highest BCUT2D eigenvalue weighted by Gasteiger charge is 2.47. The molecule has 1 fully saturated rings. The fourth-order valence-corrected chi connectivity index (χ4v) is 4.07. The van der Waals surface area contributed by atoms with Crippen molar-refractivity contribution >= 4 is 22.9 Å². The zero-order valence-corrected chi connectivity index (χ0v) is 14.6. The van der Waals surface area contributed by atoms with Crippen molar-refractivity contribution in [3.05, 3.63) is 71.5 Å². The molecule has 0 aliphatic carbocycles. The Bertz CT molecular complexity index is 1070. The molecule has 0 unspecified atom stereocenters. The van der Waals surface area contributed by atoms with E-state index < -0.39 is 5.60 Å². The maximum atomic E-state index is 12.9. The van der Waals surface area contributed by atoms with E-state index in [4.69, 9.17) is 4.74 Å². The van der Waals surface area contributed by atoms with Crippen molar-refractivity contribution in [3.8, 4) is 0 Å². The molecule has 2 aliphatic heterocycles. The normalized spacial score (nSPS) is 17.8. The third-order valence-electron chi connectivity index (χ3n) is 5.50. The highest BCUT2D eigenvalue weighted by atomic mass is 16.6. The van der Waals surface area contributed by atoms with Crippen molar-refractivity contribution in [2.75, 3.05) is 13.1 Å². The van der Waals surface area contributed by atoms with Crippen LogP contribution in [-0.4, -0.2) is 39.8 Å². The molecule has 3 heterocycles. The van der Waals surface area contributed by atoms with Crippen molar-refractivity contribution in [2.24, 2.45) is 0 Å². The lowest BCUT2D eigenvalue weighted by atomic mass is 9.83. The second-order valence-corrected chi connectivity index (χ2v) is 6.98. The Kier molecular flexibility index (Phi) is 3.47. The van der Waals surface area contributed by atoms with Crippen LogP contribution < -0.4 is 0 Å². The predicted molar refractivity (Wildman–Crippen MR) is 98.2 cm³/mol. The number of fused-ring (bicyclic) bond motifs is 3. The van der Waals surface area contributed by atoms with Gasteiger partial charge in [0, 0.05) is 49.5 Å². The summed E-state index contributed by atoms with van der Waals surface area (Å²) in [5.41, 5.74) is 3.06. The van der Waals surface area contributed by atoms with E-state index in [1.165, 1.54) is 0 Å². The second-order valence-electron chi connectivity index (χ2n) is 6.98. The standard InChI is InChI=1S/C21H17N3O3/c25-19(14-5-6-17-18(13-14)23-10-9-22-17)24-11-7-21(8-12-24)16-4-2-1-3-15(16)20(26)27-21/h1-6,9-10,13H,7-8,11-12H2. The van der Waals surface area contributed by atoms with Crippen molar-refractivity contribution in [1.82, 2.24) is 14.9 Å². The Labute approximate surface area is 155 Å². The van der Waals surface area contributed by atoms with Crippen LogP contribution in [0, 0.1) is 0 Å². The van der Waals surface area contributed by atoms with Crippen LogP contribution in [0.3, 0.4) is 0 Å². The molecular formula is C21H17N3O3. The van der Waals surface area contributed by atoms with Crippen LogP contribution in [0.1, 0.15) is 39.1 Å². The lowest BCUT2D eigenvalue weighted by Gasteiger charge is -2.38. The van der Waals surface area contributed by atoms with Gasteiger partial charge in [-0.05, 0) is 24.3 Å². The fraction of sp³-hybridized carbons (Fsp3) is 0.238. The number of rotatable bonds is 1. The number of likely N-dealkylation sites (tertiary alicyclic amines) is 1. The molecule has 2 aromatic carbocycles. The van der Waals surface area contributed by atoms with Gasteiger partial charge in [-0.15, -0.1) is 0 Å². The largest absolute Gasteiger partial charge is 0.450 e. The molecule has 2 aliphatic rings. The maximum absolute atomic E-state index is 12.9. The summed E-state index contributed by atoms with van der Waals surface area (Å²) in [6.07, 6.45) is 4.46. The fourth-order valence-electron chi connectivity index (χ4n) is 4.07. The number of amides is 1. The molecule has 1 amide bonds. The van der Waals surface area contributed by atoms with E-state index >= 15 is 0 Å². The Balaban J connectivity index is 1.37. The zero-order valence-electron chi connectivity index (χ0n) is 14.6. The number of aromatic nitrogens is 2. The van der Waals surface area contributed by atoms with Crippen molar-refractivity contribution in [2.45, 2.75) is 18.4 Å². The molecule has 1 spiro atoms. The molecule has 5 rings (SSSR count). The molecule has 3 aromatic rings. The summed E-state index contributed by atoms with van der Waals surface area (Å²) >= 11 is 0. The van der Waals surface area contributed by atoms with Gasteiger partial charge < -0.3 is 9.64 Å². The highest BCUT2D eigenvalue weighted by Crippen LogP contribution is 2.44. The molecule has 0 radical (unpaired) electrons. The van der Waals surface area contributed by atoms with E-state index in [1.807, 2.05) is 29.2 Å². The van der Waals surface area contributed by atoms with Crippen LogP contribution in [0.2, 0.25) is 0 Å². The summed E-state index contributed by atoms with van der Waals surface area (Å²) in [7, 11) is 0. The van der Waals surface area contributed by atoms with Gasteiger partial charge >= 0.3 is 5.97 Å². The monoisotopic (exact) mass is 359 g/mol. The number of benzene rings is 2. The summed E-state index contributed by atoms with van der Waals surface area (Å²) < 4.78 is 5.76. The first-order valence-corrected chi connectivity index (χ1v) is 8.99. The molecule has 27 heavy (non-hydrogen) atoms. The highest BCUT2D eigenvalue weighted by molar-refractivity contribution is 5.97. The molecule has 134 valence electrons. The summed E-state index contributed by atoms with van der Waals surface area (Å²) in [5.74, 6) is -0.298. The van der Waals surface area contributed by atoms with Crippen LogP contribution in [-0.2, 0) is 10.3 Å². The minimum Gasteiger partial charge on any atom is -0.450 e. The predicted octanol–water partition coefficient (Wildman–Crippen LogP) is 2.93. The lowest BCUT2D eigenvalue weighted by molar-refractivity contribution is -0.0389. The Hall–Kier alpha value is -3.28. The second kappa shape index (κ2) is 5.87.